The standard InChI is InChI=1S/C9H9F5O4/c10-8(11,9(12,13)14)4-1-5-18-7(17)3-2-6(15)16/h2-3H,1,4-5H2,(H,15,16)/p-1/b3-2+. The Morgan fingerprint density at radius 3 is 2.11 bits per heavy atom. The zero-order valence-corrected chi connectivity index (χ0v) is 8.80. The van der Waals surface area contributed by atoms with E-state index in [0.717, 1.165) is 0 Å². The van der Waals surface area contributed by atoms with Crippen molar-refractivity contribution in [3.05, 3.63) is 12.2 Å². The molecule has 0 unspecified atom stereocenters. The van der Waals surface area contributed by atoms with E-state index >= 15 is 0 Å². The zero-order chi connectivity index (χ0) is 14.4. The van der Waals surface area contributed by atoms with Crippen molar-refractivity contribution in [2.75, 3.05) is 6.61 Å². The van der Waals surface area contributed by atoms with Gasteiger partial charge in [-0.05, 0) is 12.5 Å². The summed E-state index contributed by atoms with van der Waals surface area (Å²) in [6.45, 7) is -0.679. The summed E-state index contributed by atoms with van der Waals surface area (Å²) in [4.78, 5) is 20.5. The second kappa shape index (κ2) is 6.31. The second-order valence-electron chi connectivity index (χ2n) is 3.13. The summed E-state index contributed by atoms with van der Waals surface area (Å²) in [7, 11) is 0. The van der Waals surface area contributed by atoms with Gasteiger partial charge in [-0.1, -0.05) is 0 Å². The van der Waals surface area contributed by atoms with E-state index in [4.69, 9.17) is 0 Å². The first-order valence-electron chi connectivity index (χ1n) is 4.56. The number of ether oxygens (including phenoxy) is 1. The highest BCUT2D eigenvalue weighted by Gasteiger charge is 2.56. The Hall–Kier alpha value is -1.67. The van der Waals surface area contributed by atoms with Crippen LogP contribution in [0.15, 0.2) is 12.2 Å². The van der Waals surface area contributed by atoms with Crippen LogP contribution in [-0.4, -0.2) is 30.6 Å². The first-order chi connectivity index (χ1) is 8.06. The quantitative estimate of drug-likeness (QED) is 0.311. The number of halogens is 5. The van der Waals surface area contributed by atoms with Crippen LogP contribution in [0.2, 0.25) is 0 Å². The Morgan fingerprint density at radius 2 is 1.67 bits per heavy atom. The van der Waals surface area contributed by atoms with Crippen LogP contribution >= 0.6 is 0 Å². The Labute approximate surface area is 98.0 Å². The number of hydrogen-bond donors (Lipinski definition) is 0. The number of hydrogen-bond acceptors (Lipinski definition) is 4. The monoisotopic (exact) mass is 275 g/mol. The fourth-order valence-corrected chi connectivity index (χ4v) is 0.793. The maximum absolute atomic E-state index is 12.3. The normalized spacial score (nSPS) is 12.7. The molecule has 0 aromatic heterocycles. The first kappa shape index (κ1) is 16.3. The summed E-state index contributed by atoms with van der Waals surface area (Å²) < 4.78 is 63.9. The highest BCUT2D eigenvalue weighted by atomic mass is 19.4. The van der Waals surface area contributed by atoms with Gasteiger partial charge in [-0.15, -0.1) is 0 Å². The van der Waals surface area contributed by atoms with E-state index in [1.54, 1.807) is 0 Å². The lowest BCUT2D eigenvalue weighted by atomic mass is 10.2. The molecular weight excluding hydrogens is 267 g/mol. The van der Waals surface area contributed by atoms with Gasteiger partial charge in [0, 0.05) is 12.5 Å². The van der Waals surface area contributed by atoms with Crippen molar-refractivity contribution in [2.45, 2.75) is 24.9 Å². The summed E-state index contributed by atoms with van der Waals surface area (Å²) in [5.41, 5.74) is 0. The van der Waals surface area contributed by atoms with Crippen molar-refractivity contribution in [3.8, 4) is 0 Å². The van der Waals surface area contributed by atoms with Crippen LogP contribution in [0.3, 0.4) is 0 Å². The minimum absolute atomic E-state index is 0.340. The molecule has 0 rings (SSSR count). The smallest absolute Gasteiger partial charge is 0.453 e. The molecule has 0 atom stereocenters. The van der Waals surface area contributed by atoms with E-state index in [1.165, 1.54) is 0 Å². The van der Waals surface area contributed by atoms with Gasteiger partial charge < -0.3 is 14.6 Å². The van der Waals surface area contributed by atoms with Crippen LogP contribution in [0.5, 0.6) is 0 Å². The molecule has 104 valence electrons. The molecule has 0 bridgehead atoms. The van der Waals surface area contributed by atoms with Crippen molar-refractivity contribution >= 4 is 11.9 Å². The van der Waals surface area contributed by atoms with Crippen LogP contribution < -0.4 is 5.11 Å². The maximum Gasteiger partial charge on any atom is 0.453 e. The fourth-order valence-electron chi connectivity index (χ4n) is 0.793. The number of aliphatic carboxylic acids is 1. The van der Waals surface area contributed by atoms with Gasteiger partial charge in [-0.25, -0.2) is 4.79 Å². The summed E-state index contributed by atoms with van der Waals surface area (Å²) >= 11 is 0. The van der Waals surface area contributed by atoms with Crippen LogP contribution in [0.1, 0.15) is 12.8 Å². The van der Waals surface area contributed by atoms with Crippen molar-refractivity contribution in [1.29, 1.82) is 0 Å². The van der Waals surface area contributed by atoms with Gasteiger partial charge in [-0.3, -0.25) is 0 Å². The van der Waals surface area contributed by atoms with E-state index in [0.29, 0.717) is 12.2 Å². The number of carboxylic acids is 1. The number of alkyl halides is 5. The van der Waals surface area contributed by atoms with Crippen LogP contribution in [0.4, 0.5) is 22.0 Å². The average Bonchev–Trinajstić information content (AvgIpc) is 2.19. The van der Waals surface area contributed by atoms with Crippen molar-refractivity contribution < 1.29 is 41.4 Å². The molecule has 0 heterocycles. The number of carbonyl (C=O) groups is 2. The molecule has 0 N–H and O–H groups in total. The fraction of sp³-hybridized carbons (Fsp3) is 0.556. The Balaban J connectivity index is 3.95. The number of esters is 1. The van der Waals surface area contributed by atoms with Gasteiger partial charge in [0.1, 0.15) is 0 Å². The molecule has 0 aromatic rings. The van der Waals surface area contributed by atoms with Crippen LogP contribution in [0, 0.1) is 0 Å². The highest BCUT2D eigenvalue weighted by Crippen LogP contribution is 2.38. The topological polar surface area (TPSA) is 66.4 Å². The molecule has 9 heteroatoms. The molecule has 0 spiro atoms. The molecule has 4 nitrogen and oxygen atoms in total. The lowest BCUT2D eigenvalue weighted by Gasteiger charge is -2.18. The molecule has 0 aromatic carbocycles. The number of rotatable bonds is 6. The second-order valence-corrected chi connectivity index (χ2v) is 3.13. The van der Waals surface area contributed by atoms with Crippen molar-refractivity contribution in [2.24, 2.45) is 0 Å². The molecule has 0 aliphatic rings. The van der Waals surface area contributed by atoms with Crippen molar-refractivity contribution in [3.63, 3.8) is 0 Å². The molecule has 0 saturated heterocycles. The van der Waals surface area contributed by atoms with E-state index in [-0.39, 0.29) is 0 Å². The molecule has 18 heavy (non-hydrogen) atoms. The summed E-state index contributed by atoms with van der Waals surface area (Å²) in [6.07, 6.45) is -7.08. The summed E-state index contributed by atoms with van der Waals surface area (Å²) in [6, 6.07) is 0. The molecular formula is C9H8F5O4-. The number of carboxylic acid groups (broad SMARTS) is 1. The van der Waals surface area contributed by atoms with Gasteiger partial charge in [-0.2, -0.15) is 22.0 Å². The molecule has 0 amide bonds. The van der Waals surface area contributed by atoms with Gasteiger partial charge in [0.2, 0.25) is 0 Å². The Kier molecular flexibility index (Phi) is 5.73. The van der Waals surface area contributed by atoms with Gasteiger partial charge >= 0.3 is 18.1 Å². The lowest BCUT2D eigenvalue weighted by Crippen LogP contribution is -2.36. The van der Waals surface area contributed by atoms with E-state index in [9.17, 15) is 36.6 Å². The highest BCUT2D eigenvalue weighted by molar-refractivity contribution is 5.89. The van der Waals surface area contributed by atoms with Crippen LogP contribution in [-0.2, 0) is 14.3 Å². The van der Waals surface area contributed by atoms with E-state index < -0.39 is 43.5 Å². The third-order valence-electron chi connectivity index (χ3n) is 1.65. The predicted molar refractivity (Wildman–Crippen MR) is 45.3 cm³/mol. The zero-order valence-electron chi connectivity index (χ0n) is 8.80. The minimum Gasteiger partial charge on any atom is -0.545 e. The minimum atomic E-state index is -5.65. The first-order valence-corrected chi connectivity index (χ1v) is 4.56. The third kappa shape index (κ3) is 6.16. The molecule has 0 saturated carbocycles. The molecule has 0 aliphatic heterocycles. The molecule has 0 aliphatic carbocycles. The lowest BCUT2D eigenvalue weighted by molar-refractivity contribution is -0.297. The molecule has 0 radical (unpaired) electrons. The van der Waals surface area contributed by atoms with Gasteiger partial charge in [0.15, 0.2) is 0 Å². The maximum atomic E-state index is 12.3. The SMILES string of the molecule is O=C([O-])/C=C/C(=O)OCCCC(F)(F)C(F)(F)F. The van der Waals surface area contributed by atoms with Gasteiger partial charge in [0.05, 0.1) is 12.6 Å². The predicted octanol–water partition coefficient (Wildman–Crippen LogP) is 0.813. The largest absolute Gasteiger partial charge is 0.545 e. The Bertz CT molecular complexity index is 334. The Morgan fingerprint density at radius 1 is 1.11 bits per heavy atom. The van der Waals surface area contributed by atoms with Crippen LogP contribution in [0.25, 0.3) is 0 Å². The third-order valence-corrected chi connectivity index (χ3v) is 1.65. The van der Waals surface area contributed by atoms with Crippen molar-refractivity contribution in [1.82, 2.24) is 0 Å². The summed E-state index contributed by atoms with van der Waals surface area (Å²) in [5, 5.41) is 9.85. The number of carbonyl (C=O) groups excluding carboxylic acids is 2. The van der Waals surface area contributed by atoms with E-state index in [1.807, 2.05) is 0 Å². The molecule has 0 fully saturated rings. The van der Waals surface area contributed by atoms with E-state index in [2.05, 4.69) is 4.74 Å². The summed E-state index contributed by atoms with van der Waals surface area (Å²) in [5.74, 6) is -7.69. The average molecular weight is 275 g/mol. The van der Waals surface area contributed by atoms with Gasteiger partial charge in [0.25, 0.3) is 0 Å².